The highest BCUT2D eigenvalue weighted by atomic mass is 19.4. The molecule has 2 fully saturated rings. The van der Waals surface area contributed by atoms with Gasteiger partial charge in [0.15, 0.2) is 0 Å². The van der Waals surface area contributed by atoms with Crippen LogP contribution in [0.4, 0.5) is 23.7 Å². The van der Waals surface area contributed by atoms with Crippen LogP contribution >= 0.6 is 0 Å². The smallest absolute Gasteiger partial charge is 0.414 e. The highest BCUT2D eigenvalue weighted by Gasteiger charge is 2.63. The lowest BCUT2D eigenvalue weighted by Gasteiger charge is -2.53. The third-order valence-corrected chi connectivity index (χ3v) is 5.96. The van der Waals surface area contributed by atoms with Crippen molar-refractivity contribution in [2.24, 2.45) is 11.3 Å². The van der Waals surface area contributed by atoms with E-state index in [1.165, 1.54) is 12.0 Å². The monoisotopic (exact) mass is 417 g/mol. The highest BCUT2D eigenvalue weighted by molar-refractivity contribution is 5.89. The molecule has 1 aliphatic heterocycles. The Morgan fingerprint density at radius 1 is 1.31 bits per heavy atom. The molecule has 1 N–H and O–H groups in total. The van der Waals surface area contributed by atoms with Gasteiger partial charge in [-0.05, 0) is 48.9 Å². The van der Waals surface area contributed by atoms with Crippen molar-refractivity contribution in [1.82, 2.24) is 0 Å². The second-order valence-electron chi connectivity index (χ2n) is 7.67. The Kier molecular flexibility index (Phi) is 6.28. The van der Waals surface area contributed by atoms with Gasteiger partial charge in [0.05, 0.1) is 31.8 Å². The number of rotatable bonds is 8. The summed E-state index contributed by atoms with van der Waals surface area (Å²) in [6.07, 6.45) is -5.85. The minimum atomic E-state index is -4.42. The lowest BCUT2D eigenvalue weighted by Crippen LogP contribution is -2.58. The Morgan fingerprint density at radius 3 is 2.55 bits per heavy atom. The Bertz CT molecular complexity index is 711. The van der Waals surface area contributed by atoms with Gasteiger partial charge in [-0.25, -0.2) is 4.79 Å². The summed E-state index contributed by atoms with van der Waals surface area (Å²) in [5.41, 5.74) is -0.335. The molecule has 2 aliphatic rings. The first kappa shape index (κ1) is 21.7. The Hall–Kier alpha value is -2.00. The zero-order valence-electron chi connectivity index (χ0n) is 16.4. The van der Waals surface area contributed by atoms with Crippen molar-refractivity contribution >= 4 is 11.8 Å². The van der Waals surface area contributed by atoms with E-state index in [-0.39, 0.29) is 25.6 Å². The molecule has 1 heterocycles. The molecule has 1 amide bonds. The summed E-state index contributed by atoms with van der Waals surface area (Å²) >= 11 is 0. The van der Waals surface area contributed by atoms with Crippen LogP contribution in [-0.4, -0.2) is 56.5 Å². The van der Waals surface area contributed by atoms with Gasteiger partial charge in [0.2, 0.25) is 0 Å². The quantitative estimate of drug-likeness (QED) is 0.698. The molecule has 9 heteroatoms. The number of aliphatic hydroxyl groups is 1. The number of nitrogens with zero attached hydrogens (tertiary/aromatic N) is 1. The number of carbonyl (C=O) groups is 1. The van der Waals surface area contributed by atoms with Crippen molar-refractivity contribution in [2.75, 3.05) is 31.8 Å². The number of ether oxygens (including phenoxy) is 3. The number of hydrogen-bond donors (Lipinski definition) is 1. The zero-order chi connectivity index (χ0) is 21.2. The van der Waals surface area contributed by atoms with Gasteiger partial charge in [-0.2, -0.15) is 13.2 Å². The van der Waals surface area contributed by atoms with E-state index >= 15 is 0 Å². The molecule has 0 radical (unpaired) electrons. The fourth-order valence-corrected chi connectivity index (χ4v) is 4.37. The molecule has 1 saturated heterocycles. The van der Waals surface area contributed by atoms with E-state index in [0.29, 0.717) is 31.0 Å². The number of benzene rings is 1. The molecular formula is C20H26F3NO5. The minimum Gasteiger partial charge on any atom is -0.494 e. The normalized spacial score (nSPS) is 29.5. The first-order chi connectivity index (χ1) is 13.7. The summed E-state index contributed by atoms with van der Waals surface area (Å²) in [6, 6.07) is 6.74. The average molecular weight is 417 g/mol. The molecule has 29 heavy (non-hydrogen) atoms. The Morgan fingerprint density at radius 2 is 2.00 bits per heavy atom. The number of cyclic esters (lactones) is 1. The summed E-state index contributed by atoms with van der Waals surface area (Å²) < 4.78 is 55.5. The molecule has 1 aromatic rings. The largest absolute Gasteiger partial charge is 0.494 e. The maximum Gasteiger partial charge on any atom is 0.414 e. The third kappa shape index (κ3) is 4.45. The van der Waals surface area contributed by atoms with Crippen LogP contribution in [0.2, 0.25) is 0 Å². The van der Waals surface area contributed by atoms with Crippen molar-refractivity contribution in [2.45, 2.75) is 44.6 Å². The van der Waals surface area contributed by atoms with Crippen molar-refractivity contribution in [1.29, 1.82) is 0 Å². The number of carbonyl (C=O) groups excluding carboxylic acids is 1. The van der Waals surface area contributed by atoms with E-state index < -0.39 is 29.7 Å². The number of halogens is 3. The molecule has 0 aromatic heterocycles. The highest BCUT2D eigenvalue weighted by Crippen LogP contribution is 2.58. The van der Waals surface area contributed by atoms with Crippen LogP contribution in [-0.2, 0) is 9.47 Å². The zero-order valence-corrected chi connectivity index (χ0v) is 16.4. The van der Waals surface area contributed by atoms with Crippen molar-refractivity contribution in [3.05, 3.63) is 24.3 Å². The molecule has 162 valence electrons. The van der Waals surface area contributed by atoms with Crippen molar-refractivity contribution in [3.63, 3.8) is 0 Å². The van der Waals surface area contributed by atoms with E-state index in [9.17, 15) is 23.1 Å². The topological polar surface area (TPSA) is 68.2 Å². The number of methoxy groups -OCH3 is 1. The van der Waals surface area contributed by atoms with Crippen molar-refractivity contribution < 1.29 is 37.3 Å². The molecular weight excluding hydrogens is 391 g/mol. The van der Waals surface area contributed by atoms with E-state index in [2.05, 4.69) is 0 Å². The predicted molar refractivity (Wildman–Crippen MR) is 98.9 cm³/mol. The summed E-state index contributed by atoms with van der Waals surface area (Å²) in [4.78, 5) is 13.4. The lowest BCUT2D eigenvalue weighted by atomic mass is 9.55. The van der Waals surface area contributed by atoms with Gasteiger partial charge >= 0.3 is 12.3 Å². The number of anilines is 1. The first-order valence-electron chi connectivity index (χ1n) is 9.65. The summed E-state index contributed by atoms with van der Waals surface area (Å²) in [5.74, 6) is -1.20. The second-order valence-corrected chi connectivity index (χ2v) is 7.67. The van der Waals surface area contributed by atoms with Gasteiger partial charge in [0.1, 0.15) is 11.9 Å². The van der Waals surface area contributed by atoms with E-state index in [1.807, 2.05) is 0 Å². The number of aliphatic hydroxyl groups excluding tert-OH is 1. The van der Waals surface area contributed by atoms with E-state index in [0.717, 1.165) is 0 Å². The van der Waals surface area contributed by atoms with E-state index in [1.54, 1.807) is 31.2 Å². The number of alkyl halides is 3. The van der Waals surface area contributed by atoms with Gasteiger partial charge in [0, 0.05) is 12.8 Å². The van der Waals surface area contributed by atoms with Crippen LogP contribution in [0.5, 0.6) is 5.75 Å². The Balaban J connectivity index is 1.55. The van der Waals surface area contributed by atoms with Gasteiger partial charge in [-0.15, -0.1) is 0 Å². The fourth-order valence-electron chi connectivity index (χ4n) is 4.37. The maximum absolute atomic E-state index is 13.2. The SMILES string of the molecule is CCC1(CCOc2ccc(N3C[C@H](COC)OC3=O)cc2)C[C@@H](O)[C@@H]1C(F)(F)F. The number of hydrogen-bond acceptors (Lipinski definition) is 5. The van der Waals surface area contributed by atoms with Gasteiger partial charge in [-0.3, -0.25) is 4.90 Å². The van der Waals surface area contributed by atoms with Gasteiger partial charge < -0.3 is 19.3 Å². The average Bonchev–Trinajstić information content (AvgIpc) is 3.00. The number of amides is 1. The maximum atomic E-state index is 13.2. The molecule has 0 spiro atoms. The summed E-state index contributed by atoms with van der Waals surface area (Å²) in [7, 11) is 1.53. The molecule has 1 unspecified atom stereocenters. The standard InChI is InChI=1S/C20H26F3NO5/c1-3-19(10-16(25)17(19)20(21,22)23)8-9-28-14-6-4-13(5-7-14)24-11-15(12-27-2)29-18(24)26/h4-7,15-17,25H,3,8-12H2,1-2H3/t15-,16-,17+,19?/m1/s1. The van der Waals surface area contributed by atoms with Crippen LogP contribution in [0, 0.1) is 11.3 Å². The van der Waals surface area contributed by atoms with Crippen LogP contribution in [0.3, 0.4) is 0 Å². The van der Waals surface area contributed by atoms with Crippen LogP contribution in [0.25, 0.3) is 0 Å². The van der Waals surface area contributed by atoms with Gasteiger partial charge in [0.25, 0.3) is 0 Å². The molecule has 1 aliphatic carbocycles. The van der Waals surface area contributed by atoms with Gasteiger partial charge in [-0.1, -0.05) is 6.92 Å². The molecule has 1 saturated carbocycles. The van der Waals surface area contributed by atoms with E-state index in [4.69, 9.17) is 14.2 Å². The summed E-state index contributed by atoms with van der Waals surface area (Å²) in [5, 5.41) is 9.62. The first-order valence-corrected chi connectivity index (χ1v) is 9.65. The minimum absolute atomic E-state index is 0.119. The fraction of sp³-hybridized carbons (Fsp3) is 0.650. The lowest BCUT2D eigenvalue weighted by molar-refractivity contribution is -0.285. The van der Waals surface area contributed by atoms with Crippen LogP contribution in [0.1, 0.15) is 26.2 Å². The van der Waals surface area contributed by atoms with Crippen molar-refractivity contribution in [3.8, 4) is 5.75 Å². The second kappa shape index (κ2) is 8.39. The summed E-state index contributed by atoms with van der Waals surface area (Å²) in [6.45, 7) is 2.53. The Labute approximate surface area is 167 Å². The van der Waals surface area contributed by atoms with Crippen LogP contribution in [0.15, 0.2) is 24.3 Å². The molecule has 4 atom stereocenters. The molecule has 1 aromatic carbocycles. The molecule has 6 nitrogen and oxygen atoms in total. The van der Waals surface area contributed by atoms with Crippen LogP contribution < -0.4 is 9.64 Å². The molecule has 0 bridgehead atoms. The molecule has 3 rings (SSSR count). The predicted octanol–water partition coefficient (Wildman–Crippen LogP) is 3.77. The third-order valence-electron chi connectivity index (χ3n) is 5.96.